The van der Waals surface area contributed by atoms with E-state index in [2.05, 4.69) is 5.32 Å². The quantitative estimate of drug-likeness (QED) is 0.801. The van der Waals surface area contributed by atoms with Crippen molar-refractivity contribution >= 4 is 17.9 Å². The minimum Gasteiger partial charge on any atom is -0.481 e. The van der Waals surface area contributed by atoms with Crippen molar-refractivity contribution < 1.29 is 19.5 Å². The smallest absolute Gasteiger partial charge is 0.319 e. The first kappa shape index (κ1) is 17.3. The van der Waals surface area contributed by atoms with Gasteiger partial charge in [0.15, 0.2) is 0 Å². The highest BCUT2D eigenvalue weighted by Crippen LogP contribution is 2.20. The van der Waals surface area contributed by atoms with Crippen molar-refractivity contribution in [3.05, 3.63) is 0 Å². The molecule has 1 aliphatic heterocycles. The van der Waals surface area contributed by atoms with Crippen LogP contribution in [0.2, 0.25) is 0 Å². The Bertz CT molecular complexity index is 412. The molecule has 0 aromatic carbocycles. The van der Waals surface area contributed by atoms with Crippen molar-refractivity contribution in [2.45, 2.75) is 38.6 Å². The summed E-state index contributed by atoms with van der Waals surface area (Å²) in [7, 11) is 3.41. The average molecular weight is 299 g/mol. The van der Waals surface area contributed by atoms with Crippen molar-refractivity contribution in [3.8, 4) is 0 Å². The van der Waals surface area contributed by atoms with E-state index >= 15 is 0 Å². The Morgan fingerprint density at radius 3 is 2.19 bits per heavy atom. The molecule has 0 atom stereocenters. The molecule has 1 heterocycles. The molecular formula is C14H25N3O4. The second-order valence-corrected chi connectivity index (χ2v) is 6.38. The second kappa shape index (κ2) is 6.78. The third-order valence-electron chi connectivity index (χ3n) is 3.57. The standard InChI is InChI=1S/C14H25N3O4/c1-14(2,9-11(18)19)15-12(20)10-5-7-17(8-6-10)13(21)16(3)4/h10H,5-9H2,1-4H3,(H,15,20)(H,18,19). The molecule has 0 aromatic heterocycles. The van der Waals surface area contributed by atoms with Crippen LogP contribution in [0.3, 0.4) is 0 Å². The van der Waals surface area contributed by atoms with Crippen LogP contribution < -0.4 is 5.32 Å². The Morgan fingerprint density at radius 1 is 1.24 bits per heavy atom. The van der Waals surface area contributed by atoms with Crippen LogP contribution in [0.25, 0.3) is 0 Å². The molecule has 1 fully saturated rings. The topological polar surface area (TPSA) is 90.0 Å². The summed E-state index contributed by atoms with van der Waals surface area (Å²) in [6, 6.07) is -0.0416. The van der Waals surface area contributed by atoms with E-state index in [4.69, 9.17) is 5.11 Å². The first-order valence-electron chi connectivity index (χ1n) is 7.12. The summed E-state index contributed by atoms with van der Waals surface area (Å²) in [6.45, 7) is 4.50. The number of carbonyl (C=O) groups excluding carboxylic acids is 2. The molecule has 3 amide bonds. The lowest BCUT2D eigenvalue weighted by Crippen LogP contribution is -2.51. The number of likely N-dealkylation sites (tertiary alicyclic amines) is 1. The molecule has 21 heavy (non-hydrogen) atoms. The zero-order valence-corrected chi connectivity index (χ0v) is 13.2. The number of piperidine rings is 1. The lowest BCUT2D eigenvalue weighted by Gasteiger charge is -2.34. The lowest BCUT2D eigenvalue weighted by atomic mass is 9.93. The van der Waals surface area contributed by atoms with Crippen LogP contribution in [0, 0.1) is 5.92 Å². The predicted octanol–water partition coefficient (Wildman–Crippen LogP) is 0.750. The number of hydrogen-bond donors (Lipinski definition) is 2. The van der Waals surface area contributed by atoms with Gasteiger partial charge in [0.25, 0.3) is 0 Å². The number of carboxylic acid groups (broad SMARTS) is 1. The van der Waals surface area contributed by atoms with E-state index in [0.717, 1.165) is 0 Å². The van der Waals surface area contributed by atoms with Crippen LogP contribution in [0.4, 0.5) is 4.79 Å². The fraction of sp³-hybridized carbons (Fsp3) is 0.786. The van der Waals surface area contributed by atoms with Gasteiger partial charge < -0.3 is 20.2 Å². The van der Waals surface area contributed by atoms with Crippen molar-refractivity contribution in [1.82, 2.24) is 15.1 Å². The number of nitrogens with zero attached hydrogens (tertiary/aromatic N) is 2. The number of amides is 3. The molecule has 1 saturated heterocycles. The highest BCUT2D eigenvalue weighted by atomic mass is 16.4. The van der Waals surface area contributed by atoms with Crippen molar-refractivity contribution in [3.63, 3.8) is 0 Å². The predicted molar refractivity (Wildman–Crippen MR) is 77.9 cm³/mol. The van der Waals surface area contributed by atoms with E-state index in [1.807, 2.05) is 0 Å². The summed E-state index contributed by atoms with van der Waals surface area (Å²) in [5.74, 6) is -1.23. The number of carbonyl (C=O) groups is 3. The summed E-state index contributed by atoms with van der Waals surface area (Å²) in [6.07, 6.45) is 1.10. The van der Waals surface area contributed by atoms with E-state index in [1.54, 1.807) is 32.8 Å². The van der Waals surface area contributed by atoms with Gasteiger partial charge in [0, 0.05) is 38.6 Å². The first-order valence-corrected chi connectivity index (χ1v) is 7.12. The monoisotopic (exact) mass is 299 g/mol. The van der Waals surface area contributed by atoms with E-state index in [-0.39, 0.29) is 24.3 Å². The summed E-state index contributed by atoms with van der Waals surface area (Å²) >= 11 is 0. The van der Waals surface area contributed by atoms with Gasteiger partial charge in [-0.25, -0.2) is 4.79 Å². The van der Waals surface area contributed by atoms with Gasteiger partial charge in [-0.1, -0.05) is 0 Å². The fourth-order valence-corrected chi connectivity index (χ4v) is 2.47. The van der Waals surface area contributed by atoms with Gasteiger partial charge in [-0.05, 0) is 26.7 Å². The van der Waals surface area contributed by atoms with E-state index in [0.29, 0.717) is 25.9 Å². The molecule has 7 nitrogen and oxygen atoms in total. The zero-order valence-electron chi connectivity index (χ0n) is 13.2. The number of hydrogen-bond acceptors (Lipinski definition) is 3. The minimum absolute atomic E-state index is 0.0416. The number of carboxylic acids is 1. The summed E-state index contributed by atoms with van der Waals surface area (Å²) in [4.78, 5) is 38.0. The maximum absolute atomic E-state index is 12.2. The molecule has 1 rings (SSSR count). The van der Waals surface area contributed by atoms with Gasteiger partial charge in [-0.2, -0.15) is 0 Å². The third-order valence-corrected chi connectivity index (χ3v) is 3.57. The molecule has 0 radical (unpaired) electrons. The molecule has 0 aromatic rings. The summed E-state index contributed by atoms with van der Waals surface area (Å²) in [5, 5.41) is 11.6. The van der Waals surface area contributed by atoms with Gasteiger partial charge in [0.1, 0.15) is 0 Å². The number of urea groups is 1. The maximum Gasteiger partial charge on any atom is 0.319 e. The fourth-order valence-electron chi connectivity index (χ4n) is 2.47. The van der Waals surface area contributed by atoms with Gasteiger partial charge in [0.05, 0.1) is 6.42 Å². The van der Waals surface area contributed by atoms with E-state index in [1.165, 1.54) is 4.90 Å². The van der Waals surface area contributed by atoms with Crippen molar-refractivity contribution in [2.24, 2.45) is 5.92 Å². The Morgan fingerprint density at radius 2 is 1.76 bits per heavy atom. The van der Waals surface area contributed by atoms with Crippen LogP contribution in [0.5, 0.6) is 0 Å². The SMILES string of the molecule is CN(C)C(=O)N1CCC(C(=O)NC(C)(C)CC(=O)O)CC1. The van der Waals surface area contributed by atoms with Gasteiger partial charge in [-0.15, -0.1) is 0 Å². The van der Waals surface area contributed by atoms with Gasteiger partial charge in [-0.3, -0.25) is 9.59 Å². The number of nitrogens with one attached hydrogen (secondary N) is 1. The largest absolute Gasteiger partial charge is 0.481 e. The first-order chi connectivity index (χ1) is 9.62. The molecule has 0 spiro atoms. The maximum atomic E-state index is 12.2. The normalized spacial score (nSPS) is 16.5. The van der Waals surface area contributed by atoms with Crippen LogP contribution in [-0.2, 0) is 9.59 Å². The Labute approximate surface area is 125 Å². The number of aliphatic carboxylic acids is 1. The molecule has 0 aliphatic carbocycles. The highest BCUT2D eigenvalue weighted by Gasteiger charge is 2.31. The van der Waals surface area contributed by atoms with Gasteiger partial charge >= 0.3 is 12.0 Å². The van der Waals surface area contributed by atoms with Crippen LogP contribution in [0.15, 0.2) is 0 Å². The zero-order chi connectivity index (χ0) is 16.2. The summed E-state index contributed by atoms with van der Waals surface area (Å²) in [5.41, 5.74) is -0.764. The van der Waals surface area contributed by atoms with E-state index in [9.17, 15) is 14.4 Å². The minimum atomic E-state index is -0.938. The third kappa shape index (κ3) is 5.24. The molecule has 7 heteroatoms. The number of rotatable bonds is 4. The van der Waals surface area contributed by atoms with E-state index < -0.39 is 11.5 Å². The Hall–Kier alpha value is -1.79. The van der Waals surface area contributed by atoms with Crippen molar-refractivity contribution in [1.29, 1.82) is 0 Å². The molecule has 120 valence electrons. The summed E-state index contributed by atoms with van der Waals surface area (Å²) < 4.78 is 0. The average Bonchev–Trinajstić information content (AvgIpc) is 2.35. The van der Waals surface area contributed by atoms with Gasteiger partial charge in [0.2, 0.25) is 5.91 Å². The molecule has 1 aliphatic rings. The molecule has 0 unspecified atom stereocenters. The highest BCUT2D eigenvalue weighted by molar-refractivity contribution is 5.81. The Balaban J connectivity index is 2.49. The molecule has 0 saturated carbocycles. The van der Waals surface area contributed by atoms with Crippen LogP contribution in [-0.4, -0.2) is 65.5 Å². The molecular weight excluding hydrogens is 274 g/mol. The molecule has 0 bridgehead atoms. The van der Waals surface area contributed by atoms with Crippen LogP contribution >= 0.6 is 0 Å². The van der Waals surface area contributed by atoms with Crippen molar-refractivity contribution in [2.75, 3.05) is 27.2 Å². The van der Waals surface area contributed by atoms with Crippen LogP contribution in [0.1, 0.15) is 33.1 Å². The molecule has 2 N–H and O–H groups in total. The second-order valence-electron chi connectivity index (χ2n) is 6.38. The Kier molecular flexibility index (Phi) is 5.57. The lowest BCUT2D eigenvalue weighted by molar-refractivity contribution is -0.139.